The van der Waals surface area contributed by atoms with Crippen LogP contribution in [0.3, 0.4) is 0 Å². The van der Waals surface area contributed by atoms with Crippen molar-refractivity contribution in [3.8, 4) is 0 Å². The van der Waals surface area contributed by atoms with E-state index in [2.05, 4.69) is 21.0 Å². The Bertz CT molecular complexity index is 652. The molecule has 0 saturated carbocycles. The van der Waals surface area contributed by atoms with Crippen LogP contribution in [-0.4, -0.2) is 15.6 Å². The van der Waals surface area contributed by atoms with Crippen LogP contribution in [0.1, 0.15) is 21.7 Å². The quantitative estimate of drug-likeness (QED) is 0.767. The van der Waals surface area contributed by atoms with Gasteiger partial charge in [0.2, 0.25) is 0 Å². The lowest BCUT2D eigenvalue weighted by Gasteiger charge is -2.04. The highest BCUT2D eigenvalue weighted by atomic mass is 79.9. The average Bonchev–Trinajstić information content (AvgIpc) is 2.59. The molecule has 19 heavy (non-hydrogen) atoms. The number of carbonyl (C=O) groups excluding carboxylic acids is 1. The van der Waals surface area contributed by atoms with Crippen molar-refractivity contribution in [3.05, 3.63) is 49.7 Å². The van der Waals surface area contributed by atoms with Gasteiger partial charge >= 0.3 is 0 Å². The minimum atomic E-state index is -0.0257. The zero-order valence-electron chi connectivity index (χ0n) is 10.4. The number of rotatable bonds is 3. The summed E-state index contributed by atoms with van der Waals surface area (Å²) in [5.41, 5.74) is 2.24. The molecular formula is C13H11BrCl2N2O. The first-order chi connectivity index (χ1) is 8.90. The third-order valence-electron chi connectivity index (χ3n) is 2.83. The zero-order valence-corrected chi connectivity index (χ0v) is 13.5. The summed E-state index contributed by atoms with van der Waals surface area (Å²) in [6.45, 7) is 1.89. The third-order valence-corrected chi connectivity index (χ3v) is 4.60. The first-order valence-electron chi connectivity index (χ1n) is 5.56. The molecule has 0 aliphatic rings. The maximum atomic E-state index is 12.2. The van der Waals surface area contributed by atoms with Crippen molar-refractivity contribution in [2.45, 2.75) is 13.3 Å². The molecule has 0 aliphatic heterocycles. The number of benzene rings is 1. The Morgan fingerprint density at radius 2 is 2.05 bits per heavy atom. The molecule has 3 nitrogen and oxygen atoms in total. The van der Waals surface area contributed by atoms with Gasteiger partial charge in [0.25, 0.3) is 0 Å². The number of hydrogen-bond acceptors (Lipinski definition) is 2. The topological polar surface area (TPSA) is 34.9 Å². The second-order valence-corrected chi connectivity index (χ2v) is 5.81. The Morgan fingerprint density at radius 1 is 1.37 bits per heavy atom. The highest BCUT2D eigenvalue weighted by Crippen LogP contribution is 2.25. The molecule has 100 valence electrons. The maximum Gasteiger partial charge on any atom is 0.168 e. The molecule has 0 fully saturated rings. The van der Waals surface area contributed by atoms with Crippen LogP contribution in [0, 0.1) is 6.92 Å². The van der Waals surface area contributed by atoms with Crippen molar-refractivity contribution < 1.29 is 4.79 Å². The largest absolute Gasteiger partial charge is 0.294 e. The minimum Gasteiger partial charge on any atom is -0.294 e. The van der Waals surface area contributed by atoms with E-state index in [0.29, 0.717) is 15.6 Å². The van der Waals surface area contributed by atoms with E-state index >= 15 is 0 Å². The number of aryl methyl sites for hydroxylation is 2. The number of Topliss-reactive ketones (excluding diaryl/α,β-unsaturated/α-hetero) is 1. The molecule has 0 radical (unpaired) electrons. The SMILES string of the molecule is Cc1nn(C)c(CC(=O)c2ccc(Cl)c(Cl)c2)c1Br. The van der Waals surface area contributed by atoms with E-state index in [1.165, 1.54) is 0 Å². The van der Waals surface area contributed by atoms with Gasteiger partial charge in [0.05, 0.1) is 32.3 Å². The van der Waals surface area contributed by atoms with Gasteiger partial charge in [-0.3, -0.25) is 9.48 Å². The molecule has 0 unspecified atom stereocenters. The molecule has 0 N–H and O–H groups in total. The van der Waals surface area contributed by atoms with Gasteiger partial charge in [0.1, 0.15) is 0 Å². The van der Waals surface area contributed by atoms with Crippen LogP contribution < -0.4 is 0 Å². The Balaban J connectivity index is 2.28. The monoisotopic (exact) mass is 360 g/mol. The molecule has 0 aliphatic carbocycles. The van der Waals surface area contributed by atoms with Crippen LogP contribution in [0.25, 0.3) is 0 Å². The third kappa shape index (κ3) is 3.02. The van der Waals surface area contributed by atoms with Gasteiger partial charge in [-0.25, -0.2) is 0 Å². The smallest absolute Gasteiger partial charge is 0.168 e. The Hall–Kier alpha value is -0.840. The average molecular weight is 362 g/mol. The summed E-state index contributed by atoms with van der Waals surface area (Å²) in [6, 6.07) is 4.89. The van der Waals surface area contributed by atoms with Crippen molar-refractivity contribution in [3.63, 3.8) is 0 Å². The van der Waals surface area contributed by atoms with Crippen LogP contribution in [0.5, 0.6) is 0 Å². The molecule has 0 amide bonds. The predicted octanol–water partition coefficient (Wildman–Crippen LogP) is 4.22. The highest BCUT2D eigenvalue weighted by molar-refractivity contribution is 9.10. The van der Waals surface area contributed by atoms with Crippen molar-refractivity contribution in [1.29, 1.82) is 0 Å². The van der Waals surface area contributed by atoms with Crippen molar-refractivity contribution in [2.75, 3.05) is 0 Å². The van der Waals surface area contributed by atoms with Gasteiger partial charge in [-0.15, -0.1) is 0 Å². The minimum absolute atomic E-state index is 0.0257. The first kappa shape index (κ1) is 14.6. The summed E-state index contributed by atoms with van der Waals surface area (Å²) in [7, 11) is 1.81. The standard InChI is InChI=1S/C13H11BrCl2N2O/c1-7-13(14)11(18(2)17-7)6-12(19)8-3-4-9(15)10(16)5-8/h3-5H,6H2,1-2H3. The van der Waals surface area contributed by atoms with Gasteiger partial charge in [0.15, 0.2) is 5.78 Å². The van der Waals surface area contributed by atoms with Crippen molar-refractivity contribution >= 4 is 44.9 Å². The van der Waals surface area contributed by atoms with Crippen LogP contribution >= 0.6 is 39.1 Å². The maximum absolute atomic E-state index is 12.2. The molecule has 6 heteroatoms. The van der Waals surface area contributed by atoms with Crippen LogP contribution in [0.2, 0.25) is 10.0 Å². The fraction of sp³-hybridized carbons (Fsp3) is 0.231. The molecule has 0 saturated heterocycles. The van der Waals surface area contributed by atoms with E-state index in [4.69, 9.17) is 23.2 Å². The second-order valence-electron chi connectivity index (χ2n) is 4.20. The number of carbonyl (C=O) groups is 1. The molecule has 1 aromatic heterocycles. The van der Waals surface area contributed by atoms with Gasteiger partial charge in [0, 0.05) is 12.6 Å². The van der Waals surface area contributed by atoms with E-state index in [0.717, 1.165) is 15.9 Å². The Labute approximate surface area is 129 Å². The Morgan fingerprint density at radius 3 is 2.58 bits per heavy atom. The zero-order chi connectivity index (χ0) is 14.2. The van der Waals surface area contributed by atoms with Crippen molar-refractivity contribution in [1.82, 2.24) is 9.78 Å². The summed E-state index contributed by atoms with van der Waals surface area (Å²) in [6.07, 6.45) is 0.260. The molecule has 0 spiro atoms. The van der Waals surface area contributed by atoms with Gasteiger partial charge in [-0.05, 0) is 41.1 Å². The van der Waals surface area contributed by atoms with Gasteiger partial charge in [-0.1, -0.05) is 23.2 Å². The summed E-state index contributed by atoms with van der Waals surface area (Å²) in [5, 5.41) is 5.08. The fourth-order valence-electron chi connectivity index (χ4n) is 1.80. The summed E-state index contributed by atoms with van der Waals surface area (Å²) in [5.74, 6) is -0.0257. The lowest BCUT2D eigenvalue weighted by atomic mass is 10.1. The van der Waals surface area contributed by atoms with Crippen molar-refractivity contribution in [2.24, 2.45) is 7.05 Å². The number of halogens is 3. The Kier molecular flexibility index (Phi) is 4.33. The van der Waals surface area contributed by atoms with Gasteiger partial charge in [-0.2, -0.15) is 5.10 Å². The van der Waals surface area contributed by atoms with E-state index in [-0.39, 0.29) is 12.2 Å². The first-order valence-corrected chi connectivity index (χ1v) is 7.11. The molecule has 2 aromatic rings. The lowest BCUT2D eigenvalue weighted by molar-refractivity contribution is 0.0990. The summed E-state index contributed by atoms with van der Waals surface area (Å²) >= 11 is 15.2. The lowest BCUT2D eigenvalue weighted by Crippen LogP contribution is -2.08. The fourth-order valence-corrected chi connectivity index (χ4v) is 2.57. The number of nitrogens with zero attached hydrogens (tertiary/aromatic N) is 2. The molecule has 2 rings (SSSR count). The molecule has 0 bridgehead atoms. The second kappa shape index (κ2) is 5.65. The van der Waals surface area contributed by atoms with Crippen LogP contribution in [0.4, 0.5) is 0 Å². The van der Waals surface area contributed by atoms with E-state index in [1.54, 1.807) is 22.9 Å². The van der Waals surface area contributed by atoms with E-state index < -0.39 is 0 Å². The number of hydrogen-bond donors (Lipinski definition) is 0. The predicted molar refractivity (Wildman–Crippen MR) is 80.1 cm³/mol. The number of aromatic nitrogens is 2. The summed E-state index contributed by atoms with van der Waals surface area (Å²) < 4.78 is 2.57. The summed E-state index contributed by atoms with van der Waals surface area (Å²) in [4.78, 5) is 12.2. The van der Waals surface area contributed by atoms with Gasteiger partial charge < -0.3 is 0 Å². The molecule has 1 heterocycles. The molecular weight excluding hydrogens is 351 g/mol. The van der Waals surface area contributed by atoms with E-state index in [9.17, 15) is 4.79 Å². The number of ketones is 1. The normalized spacial score (nSPS) is 10.8. The van der Waals surface area contributed by atoms with Crippen LogP contribution in [0.15, 0.2) is 22.7 Å². The van der Waals surface area contributed by atoms with Crippen LogP contribution in [-0.2, 0) is 13.5 Å². The van der Waals surface area contributed by atoms with E-state index in [1.807, 2.05) is 14.0 Å². The highest BCUT2D eigenvalue weighted by Gasteiger charge is 2.16. The molecule has 1 aromatic carbocycles. The molecule has 0 atom stereocenters.